The summed E-state index contributed by atoms with van der Waals surface area (Å²) in [6, 6.07) is 8.04. The van der Waals surface area contributed by atoms with Crippen LogP contribution in [0.2, 0.25) is 0 Å². The van der Waals surface area contributed by atoms with Crippen molar-refractivity contribution in [3.05, 3.63) is 41.6 Å². The number of allylic oxidation sites excluding steroid dienone is 1. The van der Waals surface area contributed by atoms with Crippen LogP contribution < -0.4 is 15.4 Å². The molecule has 1 aromatic rings. The van der Waals surface area contributed by atoms with E-state index in [9.17, 15) is 0 Å². The van der Waals surface area contributed by atoms with Crippen LogP contribution in [0.5, 0.6) is 5.75 Å². The Morgan fingerprint density at radius 1 is 1.21 bits per heavy atom. The third kappa shape index (κ3) is 3.07. The van der Waals surface area contributed by atoms with Crippen LogP contribution in [0.3, 0.4) is 0 Å². The zero-order valence-corrected chi connectivity index (χ0v) is 12.6. The van der Waals surface area contributed by atoms with Gasteiger partial charge in [-0.2, -0.15) is 0 Å². The maximum atomic E-state index is 5.42. The number of hydrogen-bond donors (Lipinski definition) is 2. The van der Waals surface area contributed by atoms with Crippen molar-refractivity contribution in [2.75, 3.05) is 7.11 Å². The summed E-state index contributed by atoms with van der Waals surface area (Å²) >= 11 is 5.30. The zero-order valence-electron chi connectivity index (χ0n) is 11.8. The quantitative estimate of drug-likeness (QED) is 0.813. The third-order valence-electron chi connectivity index (χ3n) is 3.15. The molecule has 0 aromatic heterocycles. The molecule has 0 radical (unpaired) electrons. The van der Waals surface area contributed by atoms with Crippen molar-refractivity contribution < 1.29 is 4.74 Å². The molecule has 0 fully saturated rings. The van der Waals surface area contributed by atoms with Gasteiger partial charge < -0.3 is 15.4 Å². The van der Waals surface area contributed by atoms with Gasteiger partial charge in [0.25, 0.3) is 0 Å². The minimum Gasteiger partial charge on any atom is -0.496 e. The van der Waals surface area contributed by atoms with Crippen LogP contribution in [0.1, 0.15) is 32.4 Å². The second-order valence-corrected chi connectivity index (χ2v) is 6.06. The summed E-state index contributed by atoms with van der Waals surface area (Å²) in [5.41, 5.74) is 2.26. The van der Waals surface area contributed by atoms with Gasteiger partial charge in [0, 0.05) is 16.7 Å². The Morgan fingerprint density at radius 3 is 2.53 bits per heavy atom. The highest BCUT2D eigenvalue weighted by Crippen LogP contribution is 2.32. The largest absolute Gasteiger partial charge is 0.496 e. The predicted octanol–water partition coefficient (Wildman–Crippen LogP) is 3.14. The van der Waals surface area contributed by atoms with E-state index in [4.69, 9.17) is 17.0 Å². The van der Waals surface area contributed by atoms with Gasteiger partial charge in [0.1, 0.15) is 5.75 Å². The first kappa shape index (κ1) is 13.9. The molecule has 0 saturated heterocycles. The molecule has 1 heterocycles. The van der Waals surface area contributed by atoms with Crippen molar-refractivity contribution in [2.45, 2.75) is 26.8 Å². The van der Waals surface area contributed by atoms with E-state index >= 15 is 0 Å². The molecule has 1 atom stereocenters. The van der Waals surface area contributed by atoms with E-state index in [0.29, 0.717) is 5.11 Å². The SMILES string of the molecule is COc1ccccc1C1C=C(C(C)(C)C)NC(=S)N1. The van der Waals surface area contributed by atoms with E-state index in [1.807, 2.05) is 18.2 Å². The molecule has 1 aromatic carbocycles. The smallest absolute Gasteiger partial charge is 0.171 e. The number of nitrogens with one attached hydrogen (secondary N) is 2. The van der Waals surface area contributed by atoms with E-state index in [1.165, 1.54) is 0 Å². The van der Waals surface area contributed by atoms with E-state index in [1.54, 1.807) is 7.11 Å². The van der Waals surface area contributed by atoms with Crippen LogP contribution in [0.15, 0.2) is 36.0 Å². The number of benzene rings is 1. The van der Waals surface area contributed by atoms with Gasteiger partial charge >= 0.3 is 0 Å². The zero-order chi connectivity index (χ0) is 14.0. The average Bonchev–Trinajstić information content (AvgIpc) is 2.37. The Morgan fingerprint density at radius 2 is 1.89 bits per heavy atom. The normalized spacial score (nSPS) is 19.3. The van der Waals surface area contributed by atoms with Crippen LogP contribution in [0, 0.1) is 5.41 Å². The van der Waals surface area contributed by atoms with Crippen LogP contribution >= 0.6 is 12.2 Å². The standard InChI is InChI=1S/C15H20N2OS/c1-15(2,3)13-9-11(16-14(19)17-13)10-7-5-6-8-12(10)18-4/h5-9,11H,1-4H3,(H2,16,17,19). The van der Waals surface area contributed by atoms with E-state index in [-0.39, 0.29) is 11.5 Å². The topological polar surface area (TPSA) is 33.3 Å². The summed E-state index contributed by atoms with van der Waals surface area (Å²) in [4.78, 5) is 0. The molecule has 102 valence electrons. The molecule has 1 aliphatic heterocycles. The van der Waals surface area contributed by atoms with Crippen molar-refractivity contribution in [3.63, 3.8) is 0 Å². The Balaban J connectivity index is 2.41. The molecule has 1 unspecified atom stereocenters. The lowest BCUT2D eigenvalue weighted by Crippen LogP contribution is -2.44. The van der Waals surface area contributed by atoms with Gasteiger partial charge in [-0.1, -0.05) is 39.0 Å². The van der Waals surface area contributed by atoms with Crippen molar-refractivity contribution in [1.29, 1.82) is 0 Å². The van der Waals surface area contributed by atoms with Crippen LogP contribution in [0.4, 0.5) is 0 Å². The summed E-state index contributed by atoms with van der Waals surface area (Å²) in [5.74, 6) is 0.870. The van der Waals surface area contributed by atoms with Gasteiger partial charge in [-0.15, -0.1) is 0 Å². The van der Waals surface area contributed by atoms with Crippen LogP contribution in [-0.2, 0) is 0 Å². The third-order valence-corrected chi connectivity index (χ3v) is 3.37. The molecule has 3 nitrogen and oxygen atoms in total. The second-order valence-electron chi connectivity index (χ2n) is 5.65. The average molecular weight is 276 g/mol. The van der Waals surface area contributed by atoms with Crippen molar-refractivity contribution in [1.82, 2.24) is 10.6 Å². The first-order chi connectivity index (χ1) is 8.91. The lowest BCUT2D eigenvalue weighted by atomic mass is 9.88. The minimum atomic E-state index is 0.0342. The Hall–Kier alpha value is -1.55. The monoisotopic (exact) mass is 276 g/mol. The van der Waals surface area contributed by atoms with Crippen molar-refractivity contribution in [3.8, 4) is 5.75 Å². The summed E-state index contributed by atoms with van der Waals surface area (Å²) in [6.45, 7) is 6.50. The summed E-state index contributed by atoms with van der Waals surface area (Å²) < 4.78 is 5.42. The fourth-order valence-corrected chi connectivity index (χ4v) is 2.31. The van der Waals surface area contributed by atoms with Gasteiger partial charge in [0.05, 0.1) is 13.2 Å². The Bertz CT molecular complexity index is 517. The van der Waals surface area contributed by atoms with Gasteiger partial charge in [-0.25, -0.2) is 0 Å². The highest BCUT2D eigenvalue weighted by Gasteiger charge is 2.26. The number of ether oxygens (including phenoxy) is 1. The van der Waals surface area contributed by atoms with Gasteiger partial charge in [-0.05, 0) is 24.4 Å². The first-order valence-electron chi connectivity index (χ1n) is 6.34. The molecule has 2 rings (SSSR count). The predicted molar refractivity (Wildman–Crippen MR) is 82.1 cm³/mol. The molecule has 19 heavy (non-hydrogen) atoms. The molecule has 0 amide bonds. The maximum Gasteiger partial charge on any atom is 0.171 e. The number of rotatable bonds is 2. The van der Waals surface area contributed by atoms with Gasteiger partial charge in [-0.3, -0.25) is 0 Å². The van der Waals surface area contributed by atoms with E-state index in [0.717, 1.165) is 17.0 Å². The first-order valence-corrected chi connectivity index (χ1v) is 6.75. The Labute approximate surface area is 120 Å². The lowest BCUT2D eigenvalue weighted by Gasteiger charge is -2.33. The Kier molecular flexibility index (Phi) is 3.80. The number of thiocarbonyl (C=S) groups is 1. The molecular formula is C15H20N2OS. The summed E-state index contributed by atoms with van der Waals surface area (Å²) in [7, 11) is 1.69. The fraction of sp³-hybridized carbons (Fsp3) is 0.400. The lowest BCUT2D eigenvalue weighted by molar-refractivity contribution is 0.405. The molecule has 0 aliphatic carbocycles. The molecule has 4 heteroatoms. The number of methoxy groups -OCH3 is 1. The van der Waals surface area contributed by atoms with Crippen molar-refractivity contribution >= 4 is 17.3 Å². The highest BCUT2D eigenvalue weighted by atomic mass is 32.1. The maximum absolute atomic E-state index is 5.42. The van der Waals surface area contributed by atoms with Gasteiger partial charge in [0.15, 0.2) is 5.11 Å². The highest BCUT2D eigenvalue weighted by molar-refractivity contribution is 7.80. The second kappa shape index (κ2) is 5.21. The fourth-order valence-electron chi connectivity index (χ4n) is 2.08. The van der Waals surface area contributed by atoms with Crippen LogP contribution in [0.25, 0.3) is 0 Å². The number of para-hydroxylation sites is 1. The van der Waals surface area contributed by atoms with E-state index < -0.39 is 0 Å². The molecule has 1 aliphatic rings. The van der Waals surface area contributed by atoms with Crippen LogP contribution in [-0.4, -0.2) is 12.2 Å². The molecule has 0 spiro atoms. The summed E-state index contributed by atoms with van der Waals surface area (Å²) in [5, 5.41) is 7.16. The molecule has 0 saturated carbocycles. The summed E-state index contributed by atoms with van der Waals surface area (Å²) in [6.07, 6.45) is 2.17. The molecule has 2 N–H and O–H groups in total. The van der Waals surface area contributed by atoms with E-state index in [2.05, 4.69) is 43.5 Å². The number of hydrogen-bond acceptors (Lipinski definition) is 2. The molecular weight excluding hydrogens is 256 g/mol. The van der Waals surface area contributed by atoms with Crippen molar-refractivity contribution in [2.24, 2.45) is 5.41 Å². The minimum absolute atomic E-state index is 0.0342. The molecule has 0 bridgehead atoms. The van der Waals surface area contributed by atoms with Gasteiger partial charge in [0.2, 0.25) is 0 Å².